The number of rotatable bonds is 5. The molecule has 0 spiro atoms. The molecule has 3 nitrogen and oxygen atoms in total. The fraction of sp³-hybridized carbons (Fsp3) is 0.429. The zero-order valence-electron chi connectivity index (χ0n) is 15.7. The molecular formula is C21H24BrF3N2O. The van der Waals surface area contributed by atoms with Gasteiger partial charge < -0.3 is 10.1 Å². The molecule has 1 heterocycles. The van der Waals surface area contributed by atoms with Crippen molar-refractivity contribution in [2.24, 2.45) is 0 Å². The molecule has 3 rings (SSSR count). The average Bonchev–Trinajstić information content (AvgIpc) is 2.93. The van der Waals surface area contributed by atoms with Gasteiger partial charge in [0.15, 0.2) is 0 Å². The van der Waals surface area contributed by atoms with Gasteiger partial charge in [-0.05, 0) is 55.8 Å². The first-order valence-corrected chi connectivity index (χ1v) is 10.2. The van der Waals surface area contributed by atoms with E-state index in [-0.39, 0.29) is 6.04 Å². The van der Waals surface area contributed by atoms with Crippen molar-refractivity contribution in [3.8, 4) is 5.75 Å². The van der Waals surface area contributed by atoms with Gasteiger partial charge in [-0.25, -0.2) is 0 Å². The van der Waals surface area contributed by atoms with Crippen LogP contribution in [0.1, 0.15) is 36.1 Å². The van der Waals surface area contributed by atoms with Gasteiger partial charge in [0.05, 0.1) is 18.2 Å². The summed E-state index contributed by atoms with van der Waals surface area (Å²) in [6.07, 6.45) is -3.36. The van der Waals surface area contributed by atoms with Crippen molar-refractivity contribution in [1.82, 2.24) is 10.2 Å². The fourth-order valence-electron chi connectivity index (χ4n) is 3.59. The van der Waals surface area contributed by atoms with E-state index < -0.39 is 11.7 Å². The number of hydrogen-bond donors (Lipinski definition) is 1. The molecule has 0 saturated carbocycles. The number of nitrogens with one attached hydrogen (secondary N) is 1. The van der Waals surface area contributed by atoms with E-state index in [9.17, 15) is 13.2 Å². The van der Waals surface area contributed by atoms with Gasteiger partial charge in [-0.15, -0.1) is 0 Å². The molecule has 1 saturated heterocycles. The molecule has 0 amide bonds. The van der Waals surface area contributed by atoms with Gasteiger partial charge in [0.25, 0.3) is 0 Å². The Balaban J connectivity index is 2.06. The van der Waals surface area contributed by atoms with Gasteiger partial charge in [-0.1, -0.05) is 28.1 Å². The molecule has 0 aliphatic carbocycles. The van der Waals surface area contributed by atoms with Crippen LogP contribution in [0.5, 0.6) is 5.75 Å². The number of benzene rings is 2. The monoisotopic (exact) mass is 456 g/mol. The van der Waals surface area contributed by atoms with E-state index in [1.54, 1.807) is 12.1 Å². The van der Waals surface area contributed by atoms with Gasteiger partial charge in [-0.3, -0.25) is 4.90 Å². The van der Waals surface area contributed by atoms with Crippen LogP contribution < -0.4 is 10.1 Å². The largest absolute Gasteiger partial charge is 0.494 e. The third-order valence-corrected chi connectivity index (χ3v) is 5.35. The second-order valence-corrected chi connectivity index (χ2v) is 7.69. The molecule has 152 valence electrons. The molecule has 7 heteroatoms. The van der Waals surface area contributed by atoms with Crippen molar-refractivity contribution in [2.75, 3.05) is 32.8 Å². The fourth-order valence-corrected chi connectivity index (χ4v) is 3.97. The van der Waals surface area contributed by atoms with Crippen molar-refractivity contribution in [1.29, 1.82) is 0 Å². The minimum Gasteiger partial charge on any atom is -0.494 e. The summed E-state index contributed by atoms with van der Waals surface area (Å²) >= 11 is 3.53. The summed E-state index contributed by atoms with van der Waals surface area (Å²) < 4.78 is 45.8. The highest BCUT2D eigenvalue weighted by molar-refractivity contribution is 9.10. The first kappa shape index (κ1) is 21.1. The van der Waals surface area contributed by atoms with E-state index in [0.29, 0.717) is 6.61 Å². The van der Waals surface area contributed by atoms with E-state index in [4.69, 9.17) is 4.74 Å². The van der Waals surface area contributed by atoms with Gasteiger partial charge in [-0.2, -0.15) is 13.2 Å². The van der Waals surface area contributed by atoms with Crippen molar-refractivity contribution in [3.05, 3.63) is 63.6 Å². The molecule has 1 unspecified atom stereocenters. The Morgan fingerprint density at radius 2 is 1.86 bits per heavy atom. The molecule has 1 aliphatic heterocycles. The molecule has 2 aromatic carbocycles. The molecule has 2 aromatic rings. The number of ether oxygens (including phenoxy) is 1. The summed E-state index contributed by atoms with van der Waals surface area (Å²) in [6, 6.07) is 11.2. The summed E-state index contributed by atoms with van der Waals surface area (Å²) in [5.74, 6) is 0.757. The average molecular weight is 457 g/mol. The molecule has 0 aromatic heterocycles. The van der Waals surface area contributed by atoms with E-state index in [1.807, 2.05) is 25.1 Å². The van der Waals surface area contributed by atoms with Crippen LogP contribution in [0, 0.1) is 0 Å². The predicted molar refractivity (Wildman–Crippen MR) is 108 cm³/mol. The van der Waals surface area contributed by atoms with Crippen LogP contribution in [0.2, 0.25) is 0 Å². The van der Waals surface area contributed by atoms with E-state index in [1.165, 1.54) is 0 Å². The lowest BCUT2D eigenvalue weighted by Gasteiger charge is -2.32. The molecule has 0 radical (unpaired) electrons. The van der Waals surface area contributed by atoms with E-state index >= 15 is 0 Å². The van der Waals surface area contributed by atoms with Crippen molar-refractivity contribution in [2.45, 2.75) is 25.6 Å². The smallest absolute Gasteiger partial charge is 0.416 e. The quantitative estimate of drug-likeness (QED) is 0.664. The van der Waals surface area contributed by atoms with Gasteiger partial charge in [0.1, 0.15) is 5.75 Å². The standard InChI is InChI=1S/C21H24BrF3N2O/c1-2-28-19-9-8-17(22)14-18(19)20(27-12-3-10-26-11-13-27)15-4-6-16(7-5-15)21(23,24)25/h4-9,14,20,26H,2-3,10-13H2,1H3. The molecule has 28 heavy (non-hydrogen) atoms. The third kappa shape index (κ3) is 5.07. The zero-order valence-corrected chi connectivity index (χ0v) is 17.3. The zero-order chi connectivity index (χ0) is 20.1. The van der Waals surface area contributed by atoms with E-state index in [0.717, 1.165) is 66.1 Å². The minimum absolute atomic E-state index is 0.179. The Morgan fingerprint density at radius 1 is 1.11 bits per heavy atom. The number of nitrogens with zero attached hydrogens (tertiary/aromatic N) is 1. The van der Waals surface area contributed by atoms with Crippen molar-refractivity contribution in [3.63, 3.8) is 0 Å². The highest BCUT2D eigenvalue weighted by atomic mass is 79.9. The molecule has 1 aliphatic rings. The Bertz CT molecular complexity index is 772. The lowest BCUT2D eigenvalue weighted by Crippen LogP contribution is -2.33. The first-order chi connectivity index (χ1) is 13.4. The molecule has 1 N–H and O–H groups in total. The topological polar surface area (TPSA) is 24.5 Å². The van der Waals surface area contributed by atoms with Crippen molar-refractivity contribution >= 4 is 15.9 Å². The van der Waals surface area contributed by atoms with Gasteiger partial charge in [0.2, 0.25) is 0 Å². The highest BCUT2D eigenvalue weighted by Gasteiger charge is 2.31. The van der Waals surface area contributed by atoms with Gasteiger partial charge >= 0.3 is 6.18 Å². The maximum absolute atomic E-state index is 13.0. The maximum atomic E-state index is 13.0. The summed E-state index contributed by atoms with van der Waals surface area (Å²) in [5.41, 5.74) is 1.15. The third-order valence-electron chi connectivity index (χ3n) is 4.86. The Labute approximate surface area is 172 Å². The molecular weight excluding hydrogens is 433 g/mol. The highest BCUT2D eigenvalue weighted by Crippen LogP contribution is 2.38. The minimum atomic E-state index is -4.34. The number of hydrogen-bond acceptors (Lipinski definition) is 3. The summed E-state index contributed by atoms with van der Waals surface area (Å²) in [4.78, 5) is 2.31. The Kier molecular flexibility index (Phi) is 7.01. The van der Waals surface area contributed by atoms with Crippen LogP contribution in [0.25, 0.3) is 0 Å². The summed E-state index contributed by atoms with van der Waals surface area (Å²) in [6.45, 7) is 5.90. The van der Waals surface area contributed by atoms with Gasteiger partial charge in [0, 0.05) is 29.7 Å². The van der Waals surface area contributed by atoms with Crippen LogP contribution in [0.4, 0.5) is 13.2 Å². The van der Waals surface area contributed by atoms with Crippen LogP contribution >= 0.6 is 15.9 Å². The van der Waals surface area contributed by atoms with Crippen LogP contribution in [0.15, 0.2) is 46.9 Å². The van der Waals surface area contributed by atoms with Crippen LogP contribution in [-0.4, -0.2) is 37.7 Å². The lowest BCUT2D eigenvalue weighted by molar-refractivity contribution is -0.137. The Morgan fingerprint density at radius 3 is 2.54 bits per heavy atom. The summed E-state index contributed by atoms with van der Waals surface area (Å²) in [7, 11) is 0. The lowest BCUT2D eigenvalue weighted by atomic mass is 9.95. The van der Waals surface area contributed by atoms with Crippen molar-refractivity contribution < 1.29 is 17.9 Å². The second-order valence-electron chi connectivity index (χ2n) is 6.78. The second kappa shape index (κ2) is 9.29. The molecule has 0 bridgehead atoms. The Hall–Kier alpha value is -1.57. The van der Waals surface area contributed by atoms with Crippen LogP contribution in [-0.2, 0) is 6.18 Å². The van der Waals surface area contributed by atoms with E-state index in [2.05, 4.69) is 26.1 Å². The molecule has 1 atom stereocenters. The first-order valence-electron chi connectivity index (χ1n) is 9.44. The maximum Gasteiger partial charge on any atom is 0.416 e. The predicted octanol–water partition coefficient (Wildman–Crippen LogP) is 5.25. The van der Waals surface area contributed by atoms with Crippen LogP contribution in [0.3, 0.4) is 0 Å². The normalized spacial score (nSPS) is 17.2. The number of alkyl halides is 3. The summed E-state index contributed by atoms with van der Waals surface area (Å²) in [5, 5.41) is 3.38. The molecule has 1 fully saturated rings. The number of halogens is 4. The SMILES string of the molecule is CCOc1ccc(Br)cc1C(c1ccc(C(F)(F)F)cc1)N1CCCNCC1.